The number of likely N-dealkylation sites (tertiary alicyclic amines) is 1. The highest BCUT2D eigenvalue weighted by molar-refractivity contribution is 6.71. The van der Waals surface area contributed by atoms with Gasteiger partial charge in [-0.3, -0.25) is 19.3 Å². The number of hydrogen-bond acceptors (Lipinski definition) is 6. The van der Waals surface area contributed by atoms with Crippen LogP contribution in [0.25, 0.3) is 10.8 Å². The van der Waals surface area contributed by atoms with Crippen molar-refractivity contribution in [1.29, 1.82) is 0 Å². The van der Waals surface area contributed by atoms with Crippen LogP contribution in [0.5, 0.6) is 0 Å². The maximum absolute atomic E-state index is 14.9. The Kier molecular flexibility index (Phi) is 7.56. The van der Waals surface area contributed by atoms with E-state index in [2.05, 4.69) is 0 Å². The summed E-state index contributed by atoms with van der Waals surface area (Å²) in [5.41, 5.74) is 2.83. The molecule has 0 unspecified atom stereocenters. The lowest BCUT2D eigenvalue weighted by molar-refractivity contribution is -0.150. The molecule has 0 bridgehead atoms. The van der Waals surface area contributed by atoms with E-state index in [9.17, 15) is 24.3 Å². The number of nitrogens with zero attached hydrogens (tertiary/aromatic N) is 3. The van der Waals surface area contributed by atoms with Crippen LogP contribution in [0.2, 0.25) is 18.6 Å². The molecule has 0 aliphatic carbocycles. The van der Waals surface area contributed by atoms with E-state index in [1.54, 1.807) is 14.7 Å². The van der Waals surface area contributed by atoms with Crippen LogP contribution in [0.15, 0.2) is 84.9 Å². The summed E-state index contributed by atoms with van der Waals surface area (Å²) in [6, 6.07) is 26.9. The third-order valence-electron chi connectivity index (χ3n) is 11.2. The first-order valence-corrected chi connectivity index (χ1v) is 20.2. The monoisotopic (exact) mass is 675 g/mol. The number of anilines is 3. The summed E-state index contributed by atoms with van der Waals surface area (Å²) < 4.78 is 6.87. The second-order valence-corrected chi connectivity index (χ2v) is 18.5. The maximum atomic E-state index is 14.9. The molecule has 4 heterocycles. The Morgan fingerprint density at radius 2 is 1.71 bits per heavy atom. The zero-order chi connectivity index (χ0) is 34.2. The van der Waals surface area contributed by atoms with Crippen molar-refractivity contribution in [2.75, 3.05) is 23.0 Å². The lowest BCUT2D eigenvalue weighted by atomic mass is 9.82. The Balaban J connectivity index is 1.12. The fourth-order valence-electron chi connectivity index (χ4n) is 9.18. The third-order valence-corrected chi connectivity index (χ3v) is 13.7. The van der Waals surface area contributed by atoms with Crippen LogP contribution in [0, 0.1) is 5.92 Å². The minimum atomic E-state index is -2.95. The molecule has 8 rings (SSSR count). The predicted molar refractivity (Wildman–Crippen MR) is 190 cm³/mol. The number of ether oxygens (including phenoxy) is 1. The zero-order valence-corrected chi connectivity index (χ0v) is 29.0. The molecule has 2 N–H and O–H groups in total. The summed E-state index contributed by atoms with van der Waals surface area (Å²) in [6.45, 7) is 6.43. The summed E-state index contributed by atoms with van der Waals surface area (Å²) in [4.78, 5) is 59.0. The molecule has 3 amide bonds. The predicted octanol–water partition coefficient (Wildman–Crippen LogP) is 5.85. The number of aliphatic hydroxyl groups is 1. The Morgan fingerprint density at radius 1 is 0.980 bits per heavy atom. The normalized spacial score (nSPS) is 26.1. The molecule has 2 saturated heterocycles. The molecule has 4 aliphatic heterocycles. The van der Waals surface area contributed by atoms with Crippen LogP contribution < -0.4 is 9.80 Å². The first kappa shape index (κ1) is 31.9. The molecular formula is C39H41N3O6Si. The quantitative estimate of drug-likeness (QED) is 0.238. The smallest absolute Gasteiger partial charge is 0.264 e. The van der Waals surface area contributed by atoms with Gasteiger partial charge in [-0.05, 0) is 67.2 Å². The fourth-order valence-corrected chi connectivity index (χ4v) is 11.7. The standard InChI is InChI=1S/C39H41N3O6Si/c1-24-36(49(2,3)47)33(21-34(44)40-19-9-14-28(40)23-43)48-39(24)30-16-4-5-17-31(30)41(38(39)46)22-25-10-6-13-27(20-25)42-32-18-8-12-26-11-7-15-29(35(26)32)37(42)45/h4-8,10-13,15-18,20,24,28,33,36,43,47H,9,14,19,21-23H2,1-3H3/t24-,28+,33+,36-,39+/m1/s1. The summed E-state index contributed by atoms with van der Waals surface area (Å²) in [6.07, 6.45) is 0.984. The van der Waals surface area contributed by atoms with Crippen molar-refractivity contribution in [2.24, 2.45) is 5.92 Å². The van der Waals surface area contributed by atoms with E-state index >= 15 is 0 Å². The first-order chi connectivity index (χ1) is 23.5. The molecule has 10 heteroatoms. The average molecular weight is 676 g/mol. The van der Waals surface area contributed by atoms with Crippen LogP contribution >= 0.6 is 0 Å². The average Bonchev–Trinajstić information content (AvgIpc) is 3.81. The number of para-hydroxylation sites is 1. The highest BCUT2D eigenvalue weighted by Gasteiger charge is 2.66. The van der Waals surface area contributed by atoms with Gasteiger partial charge in [0.05, 0.1) is 48.7 Å². The highest BCUT2D eigenvalue weighted by Crippen LogP contribution is 2.60. The number of carbonyl (C=O) groups excluding carboxylic acids is 3. The molecule has 9 nitrogen and oxygen atoms in total. The van der Waals surface area contributed by atoms with Crippen LogP contribution in [-0.4, -0.2) is 66.1 Å². The number of hydrogen-bond donors (Lipinski definition) is 2. The molecule has 49 heavy (non-hydrogen) atoms. The molecule has 4 aromatic carbocycles. The van der Waals surface area contributed by atoms with Crippen molar-refractivity contribution in [1.82, 2.24) is 4.90 Å². The minimum Gasteiger partial charge on any atom is -0.432 e. The molecular weight excluding hydrogens is 635 g/mol. The van der Waals surface area contributed by atoms with Crippen LogP contribution in [0.4, 0.5) is 17.1 Å². The molecule has 5 atom stereocenters. The molecule has 4 aliphatic rings. The zero-order valence-electron chi connectivity index (χ0n) is 28.0. The third kappa shape index (κ3) is 4.80. The topological polar surface area (TPSA) is 111 Å². The highest BCUT2D eigenvalue weighted by atomic mass is 28.4. The summed E-state index contributed by atoms with van der Waals surface area (Å²) in [7, 11) is -2.95. The Hall–Kier alpha value is -4.35. The van der Waals surface area contributed by atoms with E-state index < -0.39 is 25.9 Å². The number of carbonyl (C=O) groups is 3. The van der Waals surface area contributed by atoms with E-state index in [0.29, 0.717) is 12.1 Å². The van der Waals surface area contributed by atoms with Crippen LogP contribution in [0.3, 0.4) is 0 Å². The molecule has 0 aromatic heterocycles. The van der Waals surface area contributed by atoms with Crippen molar-refractivity contribution in [3.63, 3.8) is 0 Å². The van der Waals surface area contributed by atoms with Crippen molar-refractivity contribution >= 4 is 53.9 Å². The summed E-state index contributed by atoms with van der Waals surface area (Å²) in [5.74, 6) is -0.805. The van der Waals surface area contributed by atoms with E-state index in [-0.39, 0.29) is 48.9 Å². The molecule has 252 valence electrons. The van der Waals surface area contributed by atoms with Gasteiger partial charge in [-0.15, -0.1) is 0 Å². The summed E-state index contributed by atoms with van der Waals surface area (Å²) >= 11 is 0. The van der Waals surface area contributed by atoms with Gasteiger partial charge < -0.3 is 24.4 Å². The SMILES string of the molecule is C[C@@H]1[C@@H]([Si](C)(C)O)[C@H](CC(=O)N2CCC[C@H]2CO)O[C@@]12C(=O)N(Cc1cccc(N3C(=O)c4cccc5cccc3c45)c1)c1ccccc12. The van der Waals surface area contributed by atoms with Gasteiger partial charge >= 0.3 is 0 Å². The Labute approximate surface area is 286 Å². The summed E-state index contributed by atoms with van der Waals surface area (Å²) in [5, 5.41) is 11.8. The largest absolute Gasteiger partial charge is 0.432 e. The number of fused-ring (bicyclic) bond motifs is 2. The van der Waals surface area contributed by atoms with Crippen molar-refractivity contribution < 1.29 is 29.0 Å². The van der Waals surface area contributed by atoms with Gasteiger partial charge in [0.2, 0.25) is 5.91 Å². The van der Waals surface area contributed by atoms with Crippen LogP contribution in [-0.2, 0) is 26.5 Å². The number of amides is 3. The second-order valence-electron chi connectivity index (χ2n) is 14.5. The number of aliphatic hydroxyl groups excluding tert-OH is 1. The van der Waals surface area contributed by atoms with E-state index in [4.69, 9.17) is 4.74 Å². The van der Waals surface area contributed by atoms with Gasteiger partial charge in [0.25, 0.3) is 11.8 Å². The lowest BCUT2D eigenvalue weighted by Gasteiger charge is -2.32. The van der Waals surface area contributed by atoms with E-state index in [0.717, 1.165) is 51.8 Å². The molecule has 0 saturated carbocycles. The number of rotatable bonds is 7. The second kappa shape index (κ2) is 11.6. The fraction of sp³-hybridized carbons (Fsp3) is 0.359. The first-order valence-electron chi connectivity index (χ1n) is 17.2. The van der Waals surface area contributed by atoms with Gasteiger partial charge in [0.1, 0.15) is 0 Å². The van der Waals surface area contributed by atoms with Crippen molar-refractivity contribution in [3.05, 3.63) is 102 Å². The van der Waals surface area contributed by atoms with E-state index in [1.807, 2.05) is 105 Å². The molecule has 1 spiro atoms. The number of benzene rings is 4. The molecule has 0 radical (unpaired) electrons. The molecule has 2 fully saturated rings. The Bertz CT molecular complexity index is 2010. The maximum Gasteiger partial charge on any atom is 0.264 e. The van der Waals surface area contributed by atoms with Gasteiger partial charge in [-0.25, -0.2) is 0 Å². The van der Waals surface area contributed by atoms with Gasteiger partial charge in [0.15, 0.2) is 13.9 Å². The van der Waals surface area contributed by atoms with E-state index in [1.165, 1.54) is 0 Å². The van der Waals surface area contributed by atoms with Gasteiger partial charge in [-0.1, -0.05) is 61.5 Å². The minimum absolute atomic E-state index is 0.0424. The van der Waals surface area contributed by atoms with Crippen LogP contribution in [0.1, 0.15) is 47.7 Å². The van der Waals surface area contributed by atoms with Crippen molar-refractivity contribution in [2.45, 2.75) is 69.1 Å². The van der Waals surface area contributed by atoms with Gasteiger partial charge in [-0.2, -0.15) is 0 Å². The lowest BCUT2D eigenvalue weighted by Crippen LogP contribution is -2.46. The molecule has 4 aromatic rings. The Morgan fingerprint density at radius 3 is 2.49 bits per heavy atom. The van der Waals surface area contributed by atoms with Gasteiger partial charge in [0, 0.05) is 34.6 Å². The van der Waals surface area contributed by atoms with Crippen molar-refractivity contribution in [3.8, 4) is 0 Å².